The van der Waals surface area contributed by atoms with Crippen LogP contribution in [0.5, 0.6) is 17.2 Å². The summed E-state index contributed by atoms with van der Waals surface area (Å²) in [5, 5.41) is 5.82. The van der Waals surface area contributed by atoms with Crippen molar-refractivity contribution < 1.29 is 23.9 Å². The van der Waals surface area contributed by atoms with E-state index >= 15 is 0 Å². The maximum absolute atomic E-state index is 12.7. The third-order valence-corrected chi connectivity index (χ3v) is 5.81. The number of nitrogens with one attached hydrogen (secondary N) is 2. The zero-order chi connectivity index (χ0) is 22.9. The minimum absolute atomic E-state index is 0.119. The van der Waals surface area contributed by atoms with E-state index in [9.17, 15) is 14.4 Å². The first-order valence-corrected chi connectivity index (χ1v) is 10.8. The zero-order valence-corrected chi connectivity index (χ0v) is 18.6. The van der Waals surface area contributed by atoms with Crippen LogP contribution in [-0.4, -0.2) is 41.4 Å². The molecule has 4 rings (SSSR count). The predicted molar refractivity (Wildman–Crippen MR) is 119 cm³/mol. The molecule has 1 aliphatic heterocycles. The summed E-state index contributed by atoms with van der Waals surface area (Å²) in [6, 6.07) is 11.3. The molecule has 2 aliphatic rings. The molecule has 1 saturated heterocycles. The van der Waals surface area contributed by atoms with Crippen molar-refractivity contribution in [3.05, 3.63) is 47.5 Å². The Balaban J connectivity index is 1.45. The summed E-state index contributed by atoms with van der Waals surface area (Å²) < 4.78 is 11.3. The molecule has 2 aromatic rings. The zero-order valence-electron chi connectivity index (χ0n) is 17.8. The molecule has 2 fully saturated rings. The Morgan fingerprint density at radius 2 is 1.88 bits per heavy atom. The van der Waals surface area contributed by atoms with Crippen molar-refractivity contribution >= 4 is 35.1 Å². The van der Waals surface area contributed by atoms with Crippen molar-refractivity contribution in [3.8, 4) is 17.2 Å². The van der Waals surface area contributed by atoms with Gasteiger partial charge in [-0.2, -0.15) is 0 Å². The molecule has 168 valence electrons. The molecule has 0 spiro atoms. The van der Waals surface area contributed by atoms with E-state index in [0.29, 0.717) is 28.8 Å². The quantitative estimate of drug-likeness (QED) is 0.579. The molecule has 1 heterocycles. The highest BCUT2D eigenvalue weighted by Gasteiger charge is 2.56. The van der Waals surface area contributed by atoms with Crippen molar-refractivity contribution in [1.82, 2.24) is 10.2 Å². The summed E-state index contributed by atoms with van der Waals surface area (Å²) in [5.74, 6) is 0.835. The average molecular weight is 458 g/mol. The minimum Gasteiger partial charge on any atom is -0.494 e. The Hall–Kier alpha value is -3.26. The molecule has 2 aromatic carbocycles. The summed E-state index contributed by atoms with van der Waals surface area (Å²) in [4.78, 5) is 38.7. The second-order valence-electron chi connectivity index (χ2n) is 7.99. The normalized spacial score (nSPS) is 20.2. The van der Waals surface area contributed by atoms with Crippen molar-refractivity contribution in [2.75, 3.05) is 18.5 Å². The van der Waals surface area contributed by atoms with Crippen molar-refractivity contribution in [2.45, 2.75) is 32.2 Å². The Morgan fingerprint density at radius 3 is 2.53 bits per heavy atom. The van der Waals surface area contributed by atoms with Gasteiger partial charge in [-0.15, -0.1) is 0 Å². The second-order valence-corrected chi connectivity index (χ2v) is 8.43. The fraction of sp³-hybridized carbons (Fsp3) is 0.348. The Morgan fingerprint density at radius 1 is 1.19 bits per heavy atom. The molecule has 32 heavy (non-hydrogen) atoms. The fourth-order valence-electron chi connectivity index (χ4n) is 3.72. The number of amides is 4. The highest BCUT2D eigenvalue weighted by Crippen LogP contribution is 2.42. The van der Waals surface area contributed by atoms with Gasteiger partial charge in [0.25, 0.3) is 5.91 Å². The number of carbonyl (C=O) groups is 3. The first-order valence-electron chi connectivity index (χ1n) is 10.4. The van der Waals surface area contributed by atoms with Gasteiger partial charge in [-0.25, -0.2) is 4.79 Å². The van der Waals surface area contributed by atoms with Gasteiger partial charge in [-0.1, -0.05) is 11.6 Å². The number of urea groups is 1. The average Bonchev–Trinajstić information content (AvgIpc) is 3.58. The van der Waals surface area contributed by atoms with Crippen LogP contribution in [0.3, 0.4) is 0 Å². The summed E-state index contributed by atoms with van der Waals surface area (Å²) in [7, 11) is 0. The van der Waals surface area contributed by atoms with Crippen molar-refractivity contribution in [1.29, 1.82) is 0 Å². The number of halogens is 1. The third kappa shape index (κ3) is 4.50. The lowest BCUT2D eigenvalue weighted by Crippen LogP contribution is -2.46. The van der Waals surface area contributed by atoms with E-state index in [0.717, 1.165) is 23.5 Å². The van der Waals surface area contributed by atoms with Crippen LogP contribution in [0.4, 0.5) is 10.5 Å². The van der Waals surface area contributed by atoms with Gasteiger partial charge in [0.2, 0.25) is 5.91 Å². The molecule has 0 bridgehead atoms. The number of nitrogens with zero attached hydrogens (tertiary/aromatic N) is 1. The van der Waals surface area contributed by atoms with Gasteiger partial charge in [0.1, 0.15) is 23.6 Å². The van der Waals surface area contributed by atoms with Crippen LogP contribution >= 0.6 is 11.6 Å². The Labute approximate surface area is 190 Å². The molecular formula is C23H24ClN3O5. The molecule has 8 nitrogen and oxygen atoms in total. The number of benzene rings is 2. The lowest BCUT2D eigenvalue weighted by Gasteiger charge is -2.21. The summed E-state index contributed by atoms with van der Waals surface area (Å²) in [5.41, 5.74) is -0.608. The number of rotatable bonds is 8. The second kappa shape index (κ2) is 8.70. The maximum Gasteiger partial charge on any atom is 0.325 e. The van der Waals surface area contributed by atoms with E-state index in [1.165, 1.54) is 0 Å². The van der Waals surface area contributed by atoms with Crippen LogP contribution in [0.15, 0.2) is 42.5 Å². The Bertz CT molecular complexity index is 1050. The molecule has 0 aromatic heterocycles. The molecule has 1 saturated carbocycles. The van der Waals surface area contributed by atoms with Crippen LogP contribution in [-0.2, 0) is 9.59 Å². The van der Waals surface area contributed by atoms with Gasteiger partial charge >= 0.3 is 6.03 Å². The summed E-state index contributed by atoms with van der Waals surface area (Å²) in [6.07, 6.45) is 1.77. The topological polar surface area (TPSA) is 97.0 Å². The molecular weight excluding hydrogens is 434 g/mol. The molecule has 0 unspecified atom stereocenters. The number of anilines is 1. The van der Waals surface area contributed by atoms with E-state index in [2.05, 4.69) is 10.6 Å². The predicted octanol–water partition coefficient (Wildman–Crippen LogP) is 4.19. The van der Waals surface area contributed by atoms with Crippen LogP contribution in [0, 0.1) is 5.92 Å². The van der Waals surface area contributed by atoms with E-state index in [4.69, 9.17) is 21.1 Å². The van der Waals surface area contributed by atoms with Crippen molar-refractivity contribution in [2.24, 2.45) is 5.92 Å². The summed E-state index contributed by atoms with van der Waals surface area (Å²) >= 11 is 6.10. The number of hydrogen-bond donors (Lipinski definition) is 2. The number of hydrogen-bond acceptors (Lipinski definition) is 5. The maximum atomic E-state index is 12.7. The Kier molecular flexibility index (Phi) is 5.97. The summed E-state index contributed by atoms with van der Waals surface area (Å²) in [6.45, 7) is 3.77. The van der Waals surface area contributed by atoms with E-state index in [1.54, 1.807) is 49.4 Å². The van der Waals surface area contributed by atoms with E-state index in [1.807, 2.05) is 6.92 Å². The van der Waals surface area contributed by atoms with Gasteiger partial charge in [0, 0.05) is 5.02 Å². The highest BCUT2D eigenvalue weighted by atomic mass is 35.5. The molecule has 1 atom stereocenters. The van der Waals surface area contributed by atoms with Crippen LogP contribution < -0.4 is 20.1 Å². The van der Waals surface area contributed by atoms with Gasteiger partial charge in [-0.3, -0.25) is 14.5 Å². The van der Waals surface area contributed by atoms with Crippen LogP contribution in [0.2, 0.25) is 5.02 Å². The number of imide groups is 1. The van der Waals surface area contributed by atoms with Crippen LogP contribution in [0.1, 0.15) is 26.7 Å². The SMILES string of the molecule is CCOc1ccc(Oc2ccc(Cl)cc2NC(=O)CN2C(=O)N[C@@](C)(C3CC3)C2=O)cc1. The van der Waals surface area contributed by atoms with Crippen LogP contribution in [0.25, 0.3) is 0 Å². The molecule has 0 radical (unpaired) electrons. The van der Waals surface area contributed by atoms with Gasteiger partial charge in [0.05, 0.1) is 12.3 Å². The lowest BCUT2D eigenvalue weighted by molar-refractivity contribution is -0.134. The van der Waals surface area contributed by atoms with Gasteiger partial charge in [0.15, 0.2) is 5.75 Å². The molecule has 9 heteroatoms. The fourth-order valence-corrected chi connectivity index (χ4v) is 3.89. The first kappa shape index (κ1) is 22.0. The number of carbonyl (C=O) groups excluding carboxylic acids is 3. The number of ether oxygens (including phenoxy) is 2. The molecule has 1 aliphatic carbocycles. The third-order valence-electron chi connectivity index (χ3n) is 5.57. The smallest absolute Gasteiger partial charge is 0.325 e. The van der Waals surface area contributed by atoms with Gasteiger partial charge < -0.3 is 20.1 Å². The molecule has 2 N–H and O–H groups in total. The molecule has 4 amide bonds. The lowest BCUT2D eigenvalue weighted by atomic mass is 9.96. The highest BCUT2D eigenvalue weighted by molar-refractivity contribution is 6.31. The van der Waals surface area contributed by atoms with Crippen molar-refractivity contribution in [3.63, 3.8) is 0 Å². The first-order chi connectivity index (χ1) is 15.3. The van der Waals surface area contributed by atoms with E-state index < -0.39 is 24.0 Å². The monoisotopic (exact) mass is 457 g/mol. The standard InChI is InChI=1S/C23H24ClN3O5/c1-3-31-16-7-9-17(10-8-16)32-19-11-6-15(24)12-18(19)25-20(28)13-27-21(29)23(2,14-4-5-14)26-22(27)30/h6-12,14H,3-5,13H2,1-2H3,(H,25,28)(H,26,30)/t23-/m0/s1. The minimum atomic E-state index is -0.935. The van der Waals surface area contributed by atoms with E-state index in [-0.39, 0.29) is 11.8 Å². The van der Waals surface area contributed by atoms with Gasteiger partial charge in [-0.05, 0) is 75.1 Å². The largest absolute Gasteiger partial charge is 0.494 e.